The number of nitriles is 1. The Morgan fingerprint density at radius 3 is 2.48 bits per heavy atom. The van der Waals surface area contributed by atoms with Crippen molar-refractivity contribution in [3.05, 3.63) is 76.7 Å². The molecule has 0 bridgehead atoms. The summed E-state index contributed by atoms with van der Waals surface area (Å²) in [6.07, 6.45) is 1.51. The summed E-state index contributed by atoms with van der Waals surface area (Å²) in [6.45, 7) is 0.514. The predicted molar refractivity (Wildman–Crippen MR) is 90.7 cm³/mol. The summed E-state index contributed by atoms with van der Waals surface area (Å²) in [5.41, 5.74) is 2.78. The summed E-state index contributed by atoms with van der Waals surface area (Å²) in [4.78, 5) is 8.40. The van der Waals surface area contributed by atoms with E-state index in [4.69, 9.17) is 10.00 Å². The molecule has 3 aromatic rings. The topological polar surface area (TPSA) is 58.8 Å². The first-order valence-electron chi connectivity index (χ1n) is 6.96. The maximum absolute atomic E-state index is 9.14. The summed E-state index contributed by atoms with van der Waals surface area (Å²) in [7, 11) is 0. The zero-order valence-corrected chi connectivity index (χ0v) is 13.7. The van der Waals surface area contributed by atoms with Crippen LogP contribution in [0.5, 0.6) is 5.75 Å². The first kappa shape index (κ1) is 15.2. The molecule has 0 fully saturated rings. The van der Waals surface area contributed by atoms with Crippen molar-refractivity contribution < 1.29 is 4.74 Å². The Bertz CT molecular complexity index is 842. The predicted octanol–water partition coefficient (Wildman–Crippen LogP) is 4.36. The number of ether oxygens (including phenoxy) is 1. The van der Waals surface area contributed by atoms with E-state index in [1.807, 2.05) is 54.6 Å². The Hall–Kier alpha value is -2.71. The molecule has 0 aliphatic heterocycles. The van der Waals surface area contributed by atoms with Gasteiger partial charge in [0.25, 0.3) is 0 Å². The second-order valence-corrected chi connectivity index (χ2v) is 5.61. The highest BCUT2D eigenvalue weighted by molar-refractivity contribution is 9.10. The Balaban J connectivity index is 1.77. The van der Waals surface area contributed by atoms with E-state index < -0.39 is 0 Å². The van der Waals surface area contributed by atoms with Crippen LogP contribution in [0, 0.1) is 11.3 Å². The van der Waals surface area contributed by atoms with Crippen molar-refractivity contribution in [2.75, 3.05) is 0 Å². The summed E-state index contributed by atoms with van der Waals surface area (Å²) in [6, 6.07) is 19.5. The van der Waals surface area contributed by atoms with Crippen molar-refractivity contribution in [3.8, 4) is 23.1 Å². The molecular formula is C18H12BrN3O. The van der Waals surface area contributed by atoms with Crippen LogP contribution in [0.3, 0.4) is 0 Å². The van der Waals surface area contributed by atoms with E-state index in [-0.39, 0.29) is 0 Å². The lowest BCUT2D eigenvalue weighted by molar-refractivity contribution is 0.306. The number of hydrogen-bond donors (Lipinski definition) is 0. The van der Waals surface area contributed by atoms with Crippen molar-refractivity contribution in [2.45, 2.75) is 6.61 Å². The number of benzene rings is 2. The molecule has 112 valence electrons. The van der Waals surface area contributed by atoms with Gasteiger partial charge in [0.05, 0.1) is 6.20 Å². The molecule has 1 heterocycles. The minimum absolute atomic E-state index is 0.297. The summed E-state index contributed by atoms with van der Waals surface area (Å²) in [5.74, 6) is 0.763. The summed E-state index contributed by atoms with van der Waals surface area (Å²) >= 11 is 3.28. The molecule has 0 saturated heterocycles. The largest absolute Gasteiger partial charge is 0.489 e. The zero-order chi connectivity index (χ0) is 16.1. The highest BCUT2D eigenvalue weighted by Crippen LogP contribution is 2.24. The van der Waals surface area contributed by atoms with Gasteiger partial charge in [0.15, 0.2) is 5.69 Å². The van der Waals surface area contributed by atoms with Crippen molar-refractivity contribution in [1.82, 2.24) is 9.97 Å². The van der Waals surface area contributed by atoms with Gasteiger partial charge in [-0.25, -0.2) is 9.97 Å². The molecular weight excluding hydrogens is 354 g/mol. The highest BCUT2D eigenvalue weighted by Gasteiger charge is 2.09. The molecule has 0 saturated carbocycles. The SMILES string of the molecule is N#Cc1ncc(Br)nc1-c1ccc(OCc2ccccc2)cc1. The number of rotatable bonds is 4. The molecule has 0 aliphatic carbocycles. The second-order valence-electron chi connectivity index (χ2n) is 4.80. The fourth-order valence-corrected chi connectivity index (χ4v) is 2.38. The average molecular weight is 366 g/mol. The van der Waals surface area contributed by atoms with Crippen LogP contribution in [0.4, 0.5) is 0 Å². The maximum Gasteiger partial charge on any atom is 0.166 e. The van der Waals surface area contributed by atoms with E-state index in [1.165, 1.54) is 6.20 Å². The van der Waals surface area contributed by atoms with Gasteiger partial charge >= 0.3 is 0 Å². The Morgan fingerprint density at radius 2 is 1.78 bits per heavy atom. The highest BCUT2D eigenvalue weighted by atomic mass is 79.9. The lowest BCUT2D eigenvalue weighted by atomic mass is 10.1. The van der Waals surface area contributed by atoms with Gasteiger partial charge in [-0.3, -0.25) is 0 Å². The van der Waals surface area contributed by atoms with Crippen molar-refractivity contribution in [3.63, 3.8) is 0 Å². The third-order valence-electron chi connectivity index (χ3n) is 3.23. The minimum Gasteiger partial charge on any atom is -0.489 e. The molecule has 4 nitrogen and oxygen atoms in total. The molecule has 0 atom stereocenters. The van der Waals surface area contributed by atoms with E-state index in [0.29, 0.717) is 22.6 Å². The van der Waals surface area contributed by atoms with Crippen LogP contribution in [-0.2, 0) is 6.61 Å². The van der Waals surface area contributed by atoms with Crippen molar-refractivity contribution in [1.29, 1.82) is 5.26 Å². The first-order chi connectivity index (χ1) is 11.3. The van der Waals surface area contributed by atoms with E-state index in [2.05, 4.69) is 32.0 Å². The zero-order valence-electron chi connectivity index (χ0n) is 12.1. The molecule has 5 heteroatoms. The number of nitrogens with zero attached hydrogens (tertiary/aromatic N) is 3. The number of halogens is 1. The van der Waals surface area contributed by atoms with E-state index in [9.17, 15) is 0 Å². The van der Waals surface area contributed by atoms with Gasteiger partial charge in [-0.15, -0.1) is 0 Å². The Labute approximate surface area is 142 Å². The maximum atomic E-state index is 9.14. The van der Waals surface area contributed by atoms with Gasteiger partial charge in [0.1, 0.15) is 28.7 Å². The van der Waals surface area contributed by atoms with Gasteiger partial charge in [0, 0.05) is 5.56 Å². The second kappa shape index (κ2) is 7.03. The van der Waals surface area contributed by atoms with E-state index in [0.717, 1.165) is 16.9 Å². The number of aromatic nitrogens is 2. The lowest BCUT2D eigenvalue weighted by Crippen LogP contribution is -1.96. The molecule has 0 spiro atoms. The van der Waals surface area contributed by atoms with Gasteiger partial charge in [-0.2, -0.15) is 5.26 Å². The van der Waals surface area contributed by atoms with Crippen LogP contribution in [-0.4, -0.2) is 9.97 Å². The van der Waals surface area contributed by atoms with Crippen LogP contribution in [0.1, 0.15) is 11.3 Å². The van der Waals surface area contributed by atoms with Crippen LogP contribution in [0.25, 0.3) is 11.3 Å². The van der Waals surface area contributed by atoms with Crippen LogP contribution < -0.4 is 4.74 Å². The van der Waals surface area contributed by atoms with Crippen LogP contribution in [0.2, 0.25) is 0 Å². The Morgan fingerprint density at radius 1 is 1.04 bits per heavy atom. The monoisotopic (exact) mass is 365 g/mol. The van der Waals surface area contributed by atoms with E-state index in [1.54, 1.807) is 0 Å². The molecule has 0 aliphatic rings. The average Bonchev–Trinajstić information content (AvgIpc) is 2.61. The molecule has 3 rings (SSSR count). The van der Waals surface area contributed by atoms with E-state index >= 15 is 0 Å². The first-order valence-corrected chi connectivity index (χ1v) is 7.75. The van der Waals surface area contributed by atoms with Crippen LogP contribution >= 0.6 is 15.9 Å². The summed E-state index contributed by atoms with van der Waals surface area (Å²) < 4.78 is 6.35. The molecule has 0 amide bonds. The molecule has 2 aromatic carbocycles. The normalized spacial score (nSPS) is 10.1. The summed E-state index contributed by atoms with van der Waals surface area (Å²) in [5, 5.41) is 9.14. The van der Waals surface area contributed by atoms with Crippen molar-refractivity contribution in [2.24, 2.45) is 0 Å². The molecule has 0 radical (unpaired) electrons. The molecule has 0 unspecified atom stereocenters. The molecule has 0 N–H and O–H groups in total. The quantitative estimate of drug-likeness (QED) is 0.689. The molecule has 23 heavy (non-hydrogen) atoms. The van der Waals surface area contributed by atoms with Gasteiger partial charge in [-0.1, -0.05) is 30.3 Å². The minimum atomic E-state index is 0.297. The lowest BCUT2D eigenvalue weighted by Gasteiger charge is -2.08. The van der Waals surface area contributed by atoms with Crippen LogP contribution in [0.15, 0.2) is 65.4 Å². The Kier molecular flexibility index (Phi) is 4.65. The third-order valence-corrected chi connectivity index (χ3v) is 3.61. The van der Waals surface area contributed by atoms with Gasteiger partial charge < -0.3 is 4.74 Å². The molecule has 1 aromatic heterocycles. The fourth-order valence-electron chi connectivity index (χ4n) is 2.10. The third kappa shape index (κ3) is 3.74. The fraction of sp³-hybridized carbons (Fsp3) is 0.0556. The van der Waals surface area contributed by atoms with Gasteiger partial charge in [0.2, 0.25) is 0 Å². The van der Waals surface area contributed by atoms with Crippen molar-refractivity contribution >= 4 is 15.9 Å². The smallest absolute Gasteiger partial charge is 0.166 e. The number of hydrogen-bond acceptors (Lipinski definition) is 4. The van der Waals surface area contributed by atoms with Gasteiger partial charge in [-0.05, 0) is 45.8 Å². The standard InChI is InChI=1S/C18H12BrN3O/c19-17-11-21-16(10-20)18(22-17)14-6-8-15(9-7-14)23-12-13-4-2-1-3-5-13/h1-9,11H,12H2.